The molecule has 2 aromatic rings. The van der Waals surface area contributed by atoms with Crippen LogP contribution in [0.25, 0.3) is 11.1 Å². The fraction of sp³-hybridized carbons (Fsp3) is 0.421. The monoisotopic (exact) mass is 329 g/mol. The van der Waals surface area contributed by atoms with Gasteiger partial charge in [-0.15, -0.1) is 0 Å². The molecule has 5 heteroatoms. The Morgan fingerprint density at radius 2 is 1.79 bits per heavy atom. The topological polar surface area (TPSA) is 60.5 Å². The van der Waals surface area contributed by atoms with E-state index in [2.05, 4.69) is 30.5 Å². The third-order valence-corrected chi connectivity index (χ3v) is 4.40. The summed E-state index contributed by atoms with van der Waals surface area (Å²) in [5, 5.41) is 0. The molecule has 0 bridgehead atoms. The highest BCUT2D eigenvalue weighted by molar-refractivity contribution is 6.02. The van der Waals surface area contributed by atoms with Gasteiger partial charge in [0, 0.05) is 23.5 Å². The minimum Gasteiger partial charge on any atom is -0.497 e. The summed E-state index contributed by atoms with van der Waals surface area (Å²) < 4.78 is 7.41. The van der Waals surface area contributed by atoms with Crippen molar-refractivity contribution in [2.45, 2.75) is 26.8 Å². The molecule has 0 spiro atoms. The molecular weight excluding hydrogens is 302 g/mol. The molecule has 0 aliphatic carbocycles. The SMILES string of the molecule is COc1ccc(-c2c(C(N)=O)c(C)n(CCCN(C)C)c2C)cc1. The van der Waals surface area contributed by atoms with Crippen LogP contribution in [0.2, 0.25) is 0 Å². The molecule has 2 rings (SSSR count). The standard InChI is InChI=1S/C19H27N3O2/c1-13-17(15-7-9-16(24-5)10-8-15)18(19(20)23)14(2)22(13)12-6-11-21(3)4/h7-10H,6,11-12H2,1-5H3,(H2,20,23). The number of carbonyl (C=O) groups excluding carboxylic acids is 1. The van der Waals surface area contributed by atoms with E-state index in [4.69, 9.17) is 10.5 Å². The average Bonchev–Trinajstić information content (AvgIpc) is 2.79. The van der Waals surface area contributed by atoms with Crippen molar-refractivity contribution in [3.05, 3.63) is 41.2 Å². The zero-order valence-corrected chi connectivity index (χ0v) is 15.2. The highest BCUT2D eigenvalue weighted by atomic mass is 16.5. The van der Waals surface area contributed by atoms with E-state index in [1.807, 2.05) is 31.2 Å². The van der Waals surface area contributed by atoms with Gasteiger partial charge in [0.25, 0.3) is 5.91 Å². The van der Waals surface area contributed by atoms with Crippen LogP contribution >= 0.6 is 0 Å². The molecule has 0 atom stereocenters. The maximum atomic E-state index is 12.1. The van der Waals surface area contributed by atoms with E-state index in [9.17, 15) is 4.79 Å². The Hall–Kier alpha value is -2.27. The molecule has 1 heterocycles. The number of aromatic nitrogens is 1. The molecule has 1 amide bonds. The first kappa shape index (κ1) is 18.1. The Kier molecular flexibility index (Phi) is 5.67. The van der Waals surface area contributed by atoms with Crippen molar-refractivity contribution in [3.8, 4) is 16.9 Å². The van der Waals surface area contributed by atoms with Gasteiger partial charge in [0.2, 0.25) is 0 Å². The molecule has 0 fully saturated rings. The lowest BCUT2D eigenvalue weighted by molar-refractivity contribution is 0.1000. The van der Waals surface area contributed by atoms with Gasteiger partial charge in [-0.2, -0.15) is 0 Å². The molecule has 0 saturated carbocycles. The maximum Gasteiger partial charge on any atom is 0.251 e. The Labute approximate surface area is 144 Å². The summed E-state index contributed by atoms with van der Waals surface area (Å²) >= 11 is 0. The van der Waals surface area contributed by atoms with Gasteiger partial charge in [-0.25, -0.2) is 0 Å². The van der Waals surface area contributed by atoms with E-state index in [0.717, 1.165) is 47.8 Å². The smallest absolute Gasteiger partial charge is 0.251 e. The molecular formula is C19H27N3O2. The van der Waals surface area contributed by atoms with Crippen LogP contribution in [0.5, 0.6) is 5.75 Å². The molecule has 0 radical (unpaired) electrons. The number of carbonyl (C=O) groups is 1. The number of rotatable bonds is 7. The fourth-order valence-electron chi connectivity index (χ4n) is 3.18. The fourth-order valence-corrected chi connectivity index (χ4v) is 3.18. The number of primary amides is 1. The molecule has 0 aliphatic heterocycles. The van der Waals surface area contributed by atoms with Crippen molar-refractivity contribution >= 4 is 5.91 Å². The Morgan fingerprint density at radius 3 is 2.29 bits per heavy atom. The summed E-state index contributed by atoms with van der Waals surface area (Å²) in [4.78, 5) is 14.2. The third kappa shape index (κ3) is 3.62. The maximum absolute atomic E-state index is 12.1. The van der Waals surface area contributed by atoms with Gasteiger partial charge in [-0.3, -0.25) is 4.79 Å². The number of benzene rings is 1. The van der Waals surface area contributed by atoms with Crippen LogP contribution in [0.1, 0.15) is 28.2 Å². The second-order valence-electron chi connectivity index (χ2n) is 6.32. The quantitative estimate of drug-likeness (QED) is 0.850. The van der Waals surface area contributed by atoms with Crippen LogP contribution in [-0.2, 0) is 6.54 Å². The summed E-state index contributed by atoms with van der Waals surface area (Å²) in [7, 11) is 5.76. The molecule has 1 aromatic carbocycles. The van der Waals surface area contributed by atoms with Crippen LogP contribution < -0.4 is 10.5 Å². The summed E-state index contributed by atoms with van der Waals surface area (Å²) in [6.45, 7) is 5.89. The van der Waals surface area contributed by atoms with Gasteiger partial charge in [0.15, 0.2) is 0 Å². The van der Waals surface area contributed by atoms with E-state index in [-0.39, 0.29) is 5.91 Å². The van der Waals surface area contributed by atoms with Crippen molar-refractivity contribution in [3.63, 3.8) is 0 Å². The van der Waals surface area contributed by atoms with Crippen molar-refractivity contribution in [2.24, 2.45) is 5.73 Å². The van der Waals surface area contributed by atoms with Crippen molar-refractivity contribution < 1.29 is 9.53 Å². The number of amides is 1. The van der Waals surface area contributed by atoms with Gasteiger partial charge in [0.1, 0.15) is 5.75 Å². The Bertz CT molecular complexity index is 715. The second kappa shape index (κ2) is 7.53. The van der Waals surface area contributed by atoms with Gasteiger partial charge in [-0.1, -0.05) is 12.1 Å². The summed E-state index contributed by atoms with van der Waals surface area (Å²) in [5.41, 5.74) is 10.2. The van der Waals surface area contributed by atoms with Gasteiger partial charge >= 0.3 is 0 Å². The second-order valence-corrected chi connectivity index (χ2v) is 6.32. The van der Waals surface area contributed by atoms with Crippen molar-refractivity contribution in [1.82, 2.24) is 9.47 Å². The summed E-state index contributed by atoms with van der Waals surface area (Å²) in [5.74, 6) is 0.409. The normalized spacial score (nSPS) is 11.1. The number of nitrogens with zero attached hydrogens (tertiary/aromatic N) is 2. The molecule has 5 nitrogen and oxygen atoms in total. The minimum absolute atomic E-state index is 0.382. The first-order valence-electron chi connectivity index (χ1n) is 8.15. The van der Waals surface area contributed by atoms with Crippen LogP contribution in [0.4, 0.5) is 0 Å². The van der Waals surface area contributed by atoms with E-state index in [1.54, 1.807) is 7.11 Å². The highest BCUT2D eigenvalue weighted by Gasteiger charge is 2.22. The first-order valence-corrected chi connectivity index (χ1v) is 8.15. The number of methoxy groups -OCH3 is 1. The number of ether oxygens (including phenoxy) is 1. The average molecular weight is 329 g/mol. The molecule has 0 aliphatic rings. The number of nitrogens with two attached hydrogens (primary N) is 1. The van der Waals surface area contributed by atoms with Crippen molar-refractivity contribution in [2.75, 3.05) is 27.7 Å². The number of hydrogen-bond donors (Lipinski definition) is 1. The van der Waals surface area contributed by atoms with Crippen LogP contribution in [0.3, 0.4) is 0 Å². The van der Waals surface area contributed by atoms with E-state index >= 15 is 0 Å². The predicted octanol–water partition coefficient (Wildman–Crippen LogP) is 2.83. The Morgan fingerprint density at radius 1 is 1.17 bits per heavy atom. The molecule has 0 saturated heterocycles. The van der Waals surface area contributed by atoms with E-state index < -0.39 is 0 Å². The molecule has 2 N–H and O–H groups in total. The third-order valence-electron chi connectivity index (χ3n) is 4.40. The van der Waals surface area contributed by atoms with Crippen molar-refractivity contribution in [1.29, 1.82) is 0 Å². The van der Waals surface area contributed by atoms with Crippen LogP contribution in [0, 0.1) is 13.8 Å². The lowest BCUT2D eigenvalue weighted by Gasteiger charge is -2.13. The number of hydrogen-bond acceptors (Lipinski definition) is 3. The van der Waals surface area contributed by atoms with Crippen LogP contribution in [-0.4, -0.2) is 43.1 Å². The van der Waals surface area contributed by atoms with Gasteiger partial charge in [0.05, 0.1) is 12.7 Å². The molecule has 1 aromatic heterocycles. The van der Waals surface area contributed by atoms with Gasteiger partial charge in [-0.05, 0) is 58.6 Å². The van der Waals surface area contributed by atoms with E-state index in [0.29, 0.717) is 5.56 Å². The lowest BCUT2D eigenvalue weighted by atomic mass is 10.00. The molecule has 24 heavy (non-hydrogen) atoms. The molecule has 130 valence electrons. The minimum atomic E-state index is -0.382. The predicted molar refractivity (Wildman–Crippen MR) is 97.6 cm³/mol. The summed E-state index contributed by atoms with van der Waals surface area (Å²) in [6, 6.07) is 7.74. The lowest BCUT2D eigenvalue weighted by Crippen LogP contribution is -2.16. The Balaban J connectivity index is 2.47. The van der Waals surface area contributed by atoms with Gasteiger partial charge < -0.3 is 19.9 Å². The largest absolute Gasteiger partial charge is 0.497 e. The van der Waals surface area contributed by atoms with Crippen LogP contribution in [0.15, 0.2) is 24.3 Å². The van der Waals surface area contributed by atoms with E-state index in [1.165, 1.54) is 0 Å². The highest BCUT2D eigenvalue weighted by Crippen LogP contribution is 2.33. The first-order chi connectivity index (χ1) is 11.4. The zero-order chi connectivity index (χ0) is 17.9. The molecule has 0 unspecified atom stereocenters. The zero-order valence-electron chi connectivity index (χ0n) is 15.2. The summed E-state index contributed by atoms with van der Waals surface area (Å²) in [6.07, 6.45) is 1.02.